The SMILES string of the molecule is Cc1cc(C)c(S(=O)(=O)NC(CNC(=O)c2cnn(CCc3ccc4c(n3)NCCC4)n2)C(=O)O)c(C)c1. The highest BCUT2D eigenvalue weighted by atomic mass is 32.2. The molecule has 1 aliphatic heterocycles. The van der Waals surface area contributed by atoms with Crippen molar-refractivity contribution < 1.29 is 23.1 Å². The first-order valence-electron chi connectivity index (χ1n) is 12.3. The number of pyridine rings is 1. The Kier molecular flexibility index (Phi) is 8.07. The zero-order valence-electron chi connectivity index (χ0n) is 21.5. The Morgan fingerprint density at radius 2 is 1.92 bits per heavy atom. The molecule has 0 spiro atoms. The summed E-state index contributed by atoms with van der Waals surface area (Å²) < 4.78 is 28.1. The number of aryl methyl sites for hydroxylation is 6. The van der Waals surface area contributed by atoms with E-state index in [-0.39, 0.29) is 10.6 Å². The third-order valence-corrected chi connectivity index (χ3v) is 8.00. The molecule has 1 amide bonds. The molecule has 202 valence electrons. The first-order valence-corrected chi connectivity index (χ1v) is 13.8. The molecule has 12 nitrogen and oxygen atoms in total. The summed E-state index contributed by atoms with van der Waals surface area (Å²) in [4.78, 5) is 30.4. The number of rotatable bonds is 10. The lowest BCUT2D eigenvalue weighted by molar-refractivity contribution is -0.138. The average Bonchev–Trinajstić information content (AvgIpc) is 3.33. The highest BCUT2D eigenvalue weighted by Crippen LogP contribution is 2.22. The molecule has 1 aliphatic rings. The van der Waals surface area contributed by atoms with Crippen LogP contribution in [0.4, 0.5) is 5.82 Å². The van der Waals surface area contributed by atoms with E-state index < -0.39 is 34.5 Å². The van der Waals surface area contributed by atoms with Gasteiger partial charge in [-0.15, -0.1) is 5.10 Å². The van der Waals surface area contributed by atoms with Crippen molar-refractivity contribution in [3.8, 4) is 0 Å². The second-order valence-corrected chi connectivity index (χ2v) is 11.0. The van der Waals surface area contributed by atoms with Crippen LogP contribution < -0.4 is 15.4 Å². The molecule has 0 fully saturated rings. The average molecular weight is 542 g/mol. The predicted molar refractivity (Wildman–Crippen MR) is 140 cm³/mol. The van der Waals surface area contributed by atoms with Crippen molar-refractivity contribution in [3.05, 3.63) is 64.1 Å². The van der Waals surface area contributed by atoms with E-state index >= 15 is 0 Å². The number of nitrogens with one attached hydrogen (secondary N) is 3. The van der Waals surface area contributed by atoms with E-state index in [0.717, 1.165) is 36.5 Å². The number of sulfonamides is 1. The van der Waals surface area contributed by atoms with E-state index in [1.165, 1.54) is 16.6 Å². The van der Waals surface area contributed by atoms with Crippen molar-refractivity contribution >= 4 is 27.7 Å². The minimum Gasteiger partial charge on any atom is -0.480 e. The number of hydrogen-bond acceptors (Lipinski definition) is 8. The van der Waals surface area contributed by atoms with Gasteiger partial charge < -0.3 is 15.7 Å². The number of aromatic nitrogens is 4. The second kappa shape index (κ2) is 11.3. The topological polar surface area (TPSA) is 168 Å². The number of hydrogen-bond donors (Lipinski definition) is 4. The van der Waals surface area contributed by atoms with Crippen LogP contribution in [0.15, 0.2) is 35.4 Å². The number of nitrogens with zero attached hydrogens (tertiary/aromatic N) is 4. The van der Waals surface area contributed by atoms with Crippen LogP contribution in [0.5, 0.6) is 0 Å². The van der Waals surface area contributed by atoms with Gasteiger partial charge in [-0.05, 0) is 56.4 Å². The van der Waals surface area contributed by atoms with E-state index in [1.807, 2.05) is 13.0 Å². The molecule has 0 saturated carbocycles. The first-order chi connectivity index (χ1) is 18.0. The van der Waals surface area contributed by atoms with E-state index in [0.29, 0.717) is 24.1 Å². The van der Waals surface area contributed by atoms with Gasteiger partial charge in [-0.25, -0.2) is 13.4 Å². The van der Waals surface area contributed by atoms with Crippen molar-refractivity contribution in [1.29, 1.82) is 0 Å². The Hall–Kier alpha value is -3.84. The van der Waals surface area contributed by atoms with Crippen LogP contribution in [0, 0.1) is 20.8 Å². The number of amides is 1. The van der Waals surface area contributed by atoms with Crippen molar-refractivity contribution in [3.63, 3.8) is 0 Å². The third-order valence-electron chi connectivity index (χ3n) is 6.22. The first kappa shape index (κ1) is 27.2. The van der Waals surface area contributed by atoms with E-state index in [9.17, 15) is 23.1 Å². The largest absolute Gasteiger partial charge is 0.480 e. The van der Waals surface area contributed by atoms with Crippen LogP contribution >= 0.6 is 0 Å². The van der Waals surface area contributed by atoms with Crippen LogP contribution in [0.1, 0.15) is 44.9 Å². The number of carboxylic acid groups (broad SMARTS) is 1. The van der Waals surface area contributed by atoms with Crippen LogP contribution in [0.2, 0.25) is 0 Å². The third kappa shape index (κ3) is 6.34. The standard InChI is InChI=1S/C25H31N7O5S/c1-15-11-16(2)22(17(3)12-15)38(36,37)31-21(25(34)35)13-27-24(33)20-14-28-32(30-20)10-8-19-7-6-18-5-4-9-26-23(18)29-19/h6-7,11-12,14,21,31H,4-5,8-10,13H2,1-3H3,(H,26,29)(H,27,33)(H,34,35). The molecule has 1 aromatic carbocycles. The van der Waals surface area contributed by atoms with Crippen molar-refractivity contribution in [2.45, 2.75) is 57.5 Å². The Morgan fingerprint density at radius 1 is 1.18 bits per heavy atom. The Balaban J connectivity index is 1.35. The molecule has 4 rings (SSSR count). The molecular weight excluding hydrogens is 510 g/mol. The molecule has 4 N–H and O–H groups in total. The summed E-state index contributed by atoms with van der Waals surface area (Å²) in [5.41, 5.74) is 3.95. The minimum atomic E-state index is -4.16. The number of benzene rings is 1. The van der Waals surface area contributed by atoms with Crippen LogP contribution in [-0.2, 0) is 34.2 Å². The molecule has 0 bridgehead atoms. The van der Waals surface area contributed by atoms with E-state index in [2.05, 4.69) is 36.6 Å². The lowest BCUT2D eigenvalue weighted by atomic mass is 10.1. The Bertz CT molecular complexity index is 1450. The van der Waals surface area contributed by atoms with Gasteiger partial charge in [0.05, 0.1) is 17.6 Å². The second-order valence-electron chi connectivity index (χ2n) is 9.37. The molecule has 38 heavy (non-hydrogen) atoms. The zero-order valence-corrected chi connectivity index (χ0v) is 22.3. The normalized spacial score (nSPS) is 13.9. The molecule has 1 unspecified atom stereocenters. The fourth-order valence-corrected chi connectivity index (χ4v) is 6.18. The van der Waals surface area contributed by atoms with Gasteiger partial charge in [0.15, 0.2) is 5.69 Å². The summed E-state index contributed by atoms with van der Waals surface area (Å²) in [5, 5.41) is 23.6. The summed E-state index contributed by atoms with van der Waals surface area (Å²) in [6, 6.07) is 5.87. The summed E-state index contributed by atoms with van der Waals surface area (Å²) in [5.74, 6) is -1.19. The number of anilines is 1. The van der Waals surface area contributed by atoms with Gasteiger partial charge in [-0.3, -0.25) is 9.59 Å². The van der Waals surface area contributed by atoms with Gasteiger partial charge in [0.2, 0.25) is 10.0 Å². The molecular formula is C25H31N7O5S. The predicted octanol–water partition coefficient (Wildman–Crippen LogP) is 1.36. The maximum Gasteiger partial charge on any atom is 0.323 e. The summed E-state index contributed by atoms with van der Waals surface area (Å²) in [6.45, 7) is 5.96. The highest BCUT2D eigenvalue weighted by molar-refractivity contribution is 7.89. The Morgan fingerprint density at radius 3 is 2.63 bits per heavy atom. The molecule has 1 atom stereocenters. The number of carboxylic acids is 1. The number of fused-ring (bicyclic) bond motifs is 1. The maximum atomic E-state index is 13.0. The summed E-state index contributed by atoms with van der Waals surface area (Å²) in [6.07, 6.45) is 3.92. The molecule has 3 heterocycles. The van der Waals surface area contributed by atoms with Crippen molar-refractivity contribution in [1.82, 2.24) is 30.0 Å². The van der Waals surface area contributed by atoms with E-state index in [1.54, 1.807) is 26.0 Å². The van der Waals surface area contributed by atoms with Crippen LogP contribution in [0.25, 0.3) is 0 Å². The molecule has 0 aliphatic carbocycles. The highest BCUT2D eigenvalue weighted by Gasteiger charge is 2.28. The Labute approximate surface area is 220 Å². The lowest BCUT2D eigenvalue weighted by Gasteiger charge is -2.18. The smallest absolute Gasteiger partial charge is 0.323 e. The maximum absolute atomic E-state index is 13.0. The molecule has 3 aromatic rings. The molecule has 0 radical (unpaired) electrons. The summed E-state index contributed by atoms with van der Waals surface area (Å²) >= 11 is 0. The van der Waals surface area contributed by atoms with Gasteiger partial charge in [0, 0.05) is 25.2 Å². The molecule has 2 aromatic heterocycles. The van der Waals surface area contributed by atoms with Crippen molar-refractivity contribution in [2.75, 3.05) is 18.4 Å². The number of carbonyl (C=O) groups excluding carboxylic acids is 1. The number of aliphatic carboxylic acids is 1. The number of carbonyl (C=O) groups is 2. The summed E-state index contributed by atoms with van der Waals surface area (Å²) in [7, 11) is -4.16. The van der Waals surface area contributed by atoms with Crippen molar-refractivity contribution in [2.24, 2.45) is 0 Å². The van der Waals surface area contributed by atoms with Gasteiger partial charge in [0.1, 0.15) is 11.9 Å². The zero-order chi connectivity index (χ0) is 27.4. The molecule has 0 saturated heterocycles. The monoisotopic (exact) mass is 541 g/mol. The van der Waals surface area contributed by atoms with Gasteiger partial charge in [-0.1, -0.05) is 23.8 Å². The van der Waals surface area contributed by atoms with Crippen LogP contribution in [-0.4, -0.2) is 64.5 Å². The minimum absolute atomic E-state index is 0.0118. The van der Waals surface area contributed by atoms with Gasteiger partial charge in [-0.2, -0.15) is 14.6 Å². The fraction of sp³-hybridized carbons (Fsp3) is 0.400. The lowest BCUT2D eigenvalue weighted by Crippen LogP contribution is -2.48. The molecule has 13 heteroatoms. The fourth-order valence-electron chi connectivity index (χ4n) is 4.53. The van der Waals surface area contributed by atoms with E-state index in [4.69, 9.17) is 0 Å². The van der Waals surface area contributed by atoms with Crippen LogP contribution in [0.3, 0.4) is 0 Å². The quantitative estimate of drug-likeness (QED) is 0.296. The van der Waals surface area contributed by atoms with Gasteiger partial charge >= 0.3 is 5.97 Å². The van der Waals surface area contributed by atoms with Gasteiger partial charge in [0.25, 0.3) is 5.91 Å².